The number of ether oxygens (including phenoxy) is 1. The van der Waals surface area contributed by atoms with Crippen molar-refractivity contribution in [1.29, 1.82) is 0 Å². The molecule has 4 aromatic rings. The third-order valence-electron chi connectivity index (χ3n) is 3.58. The Bertz CT molecular complexity index is 996. The Balaban J connectivity index is 1.44. The van der Waals surface area contributed by atoms with Crippen LogP contribution in [-0.2, 0) is 0 Å². The van der Waals surface area contributed by atoms with Crippen molar-refractivity contribution in [2.75, 3.05) is 5.32 Å². The van der Waals surface area contributed by atoms with Gasteiger partial charge in [0, 0.05) is 24.1 Å². The number of rotatable bonds is 5. The lowest BCUT2D eigenvalue weighted by atomic mass is 10.3. The van der Waals surface area contributed by atoms with E-state index in [1.807, 2.05) is 40.5 Å². The van der Waals surface area contributed by atoms with Gasteiger partial charge in [0.15, 0.2) is 0 Å². The second kappa shape index (κ2) is 7.20. The fourth-order valence-electron chi connectivity index (χ4n) is 2.34. The highest BCUT2D eigenvalue weighted by Gasteiger charge is 2.07. The van der Waals surface area contributed by atoms with Crippen molar-refractivity contribution in [3.05, 3.63) is 83.6 Å². The number of hydrogen-bond acceptors (Lipinski definition) is 5. The van der Waals surface area contributed by atoms with Crippen molar-refractivity contribution in [2.45, 2.75) is 0 Å². The number of hydrogen-bond donors (Lipinski definition) is 1. The summed E-state index contributed by atoms with van der Waals surface area (Å²) in [6, 6.07) is 16.4. The van der Waals surface area contributed by atoms with E-state index in [9.17, 15) is 4.79 Å². The molecule has 0 unspecified atom stereocenters. The van der Waals surface area contributed by atoms with Crippen molar-refractivity contribution in [1.82, 2.24) is 14.5 Å². The van der Waals surface area contributed by atoms with Gasteiger partial charge in [0.2, 0.25) is 5.88 Å². The molecule has 7 heteroatoms. The molecular formula is C19H14N4O2S. The molecule has 6 nitrogen and oxygen atoms in total. The molecule has 0 aliphatic heterocycles. The van der Waals surface area contributed by atoms with Crippen LogP contribution in [0, 0.1) is 0 Å². The van der Waals surface area contributed by atoms with Crippen molar-refractivity contribution < 1.29 is 9.53 Å². The van der Waals surface area contributed by atoms with E-state index in [1.165, 1.54) is 17.7 Å². The molecule has 0 spiro atoms. The number of amides is 1. The lowest BCUT2D eigenvalue weighted by Gasteiger charge is -2.08. The standard InChI is InChI=1S/C19H14N4O2S/c24-19(16-4-3-11-26-16)22-14-5-7-15(8-6-14)25-18-12-17(20-13-21-18)23-9-1-2-10-23/h1-13H,(H,22,24). The molecular weight excluding hydrogens is 348 g/mol. The molecule has 0 saturated heterocycles. The van der Waals surface area contributed by atoms with Crippen LogP contribution in [0.2, 0.25) is 0 Å². The van der Waals surface area contributed by atoms with Crippen LogP contribution in [0.5, 0.6) is 11.6 Å². The van der Waals surface area contributed by atoms with E-state index < -0.39 is 0 Å². The Kier molecular flexibility index (Phi) is 4.44. The number of carbonyl (C=O) groups excluding carboxylic acids is 1. The Morgan fingerprint density at radius 1 is 1.04 bits per heavy atom. The van der Waals surface area contributed by atoms with Crippen LogP contribution in [0.4, 0.5) is 5.69 Å². The molecule has 0 fully saturated rings. The minimum atomic E-state index is -0.124. The summed E-state index contributed by atoms with van der Waals surface area (Å²) in [5.41, 5.74) is 0.700. The molecule has 128 valence electrons. The first kappa shape index (κ1) is 16.0. The van der Waals surface area contributed by atoms with Crippen LogP contribution < -0.4 is 10.1 Å². The van der Waals surface area contributed by atoms with E-state index >= 15 is 0 Å². The lowest BCUT2D eigenvalue weighted by Crippen LogP contribution is -2.09. The van der Waals surface area contributed by atoms with Gasteiger partial charge < -0.3 is 14.6 Å². The summed E-state index contributed by atoms with van der Waals surface area (Å²) < 4.78 is 7.65. The van der Waals surface area contributed by atoms with E-state index in [0.29, 0.717) is 22.2 Å². The summed E-state index contributed by atoms with van der Waals surface area (Å²) in [4.78, 5) is 21.1. The summed E-state index contributed by atoms with van der Waals surface area (Å²) in [6.45, 7) is 0. The second-order valence-electron chi connectivity index (χ2n) is 5.36. The summed E-state index contributed by atoms with van der Waals surface area (Å²) in [6.07, 6.45) is 5.26. The summed E-state index contributed by atoms with van der Waals surface area (Å²) in [5.74, 6) is 1.66. The van der Waals surface area contributed by atoms with Crippen molar-refractivity contribution in [2.24, 2.45) is 0 Å². The molecule has 3 heterocycles. The molecule has 0 aliphatic carbocycles. The first-order valence-electron chi connectivity index (χ1n) is 7.86. The average molecular weight is 362 g/mol. The minimum Gasteiger partial charge on any atom is -0.439 e. The fraction of sp³-hybridized carbons (Fsp3) is 0. The van der Waals surface area contributed by atoms with Crippen LogP contribution >= 0.6 is 11.3 Å². The van der Waals surface area contributed by atoms with E-state index in [4.69, 9.17) is 4.74 Å². The Morgan fingerprint density at radius 3 is 2.58 bits per heavy atom. The Labute approximate surface area is 153 Å². The third kappa shape index (κ3) is 3.62. The van der Waals surface area contributed by atoms with E-state index in [0.717, 1.165) is 5.82 Å². The van der Waals surface area contributed by atoms with Crippen LogP contribution in [-0.4, -0.2) is 20.4 Å². The first-order valence-corrected chi connectivity index (χ1v) is 8.74. The average Bonchev–Trinajstić information content (AvgIpc) is 3.38. The van der Waals surface area contributed by atoms with Crippen molar-refractivity contribution in [3.8, 4) is 17.4 Å². The van der Waals surface area contributed by atoms with Gasteiger partial charge in [0.05, 0.1) is 4.88 Å². The van der Waals surface area contributed by atoms with E-state index in [-0.39, 0.29) is 5.91 Å². The second-order valence-corrected chi connectivity index (χ2v) is 6.31. The molecule has 4 rings (SSSR count). The Hall–Kier alpha value is -3.45. The van der Waals surface area contributed by atoms with Gasteiger partial charge in [-0.1, -0.05) is 6.07 Å². The van der Waals surface area contributed by atoms with E-state index in [2.05, 4.69) is 15.3 Å². The molecule has 1 amide bonds. The summed E-state index contributed by atoms with van der Waals surface area (Å²) >= 11 is 1.40. The predicted octanol–water partition coefficient (Wildman–Crippen LogP) is 4.37. The number of nitrogens with zero attached hydrogens (tertiary/aromatic N) is 3. The molecule has 0 bridgehead atoms. The van der Waals surface area contributed by atoms with Gasteiger partial charge in [0.1, 0.15) is 17.9 Å². The fourth-order valence-corrected chi connectivity index (χ4v) is 2.96. The zero-order valence-corrected chi connectivity index (χ0v) is 14.4. The van der Waals surface area contributed by atoms with Gasteiger partial charge in [-0.25, -0.2) is 9.97 Å². The maximum atomic E-state index is 12.0. The molecule has 0 radical (unpaired) electrons. The monoisotopic (exact) mass is 362 g/mol. The van der Waals surface area contributed by atoms with Crippen molar-refractivity contribution in [3.63, 3.8) is 0 Å². The van der Waals surface area contributed by atoms with Crippen LogP contribution in [0.15, 0.2) is 78.7 Å². The van der Waals surface area contributed by atoms with Crippen LogP contribution in [0.1, 0.15) is 9.67 Å². The lowest BCUT2D eigenvalue weighted by molar-refractivity contribution is 0.103. The number of benzene rings is 1. The molecule has 0 aliphatic rings. The van der Waals surface area contributed by atoms with Crippen molar-refractivity contribution >= 4 is 22.9 Å². The Morgan fingerprint density at radius 2 is 1.85 bits per heavy atom. The van der Waals surface area contributed by atoms with Gasteiger partial charge in [0.25, 0.3) is 5.91 Å². The normalized spacial score (nSPS) is 10.5. The first-order chi connectivity index (χ1) is 12.8. The van der Waals surface area contributed by atoms with Gasteiger partial charge in [-0.15, -0.1) is 11.3 Å². The molecule has 0 atom stereocenters. The number of carbonyl (C=O) groups is 1. The quantitative estimate of drug-likeness (QED) is 0.572. The van der Waals surface area contributed by atoms with Gasteiger partial charge >= 0.3 is 0 Å². The number of nitrogens with one attached hydrogen (secondary N) is 1. The highest BCUT2D eigenvalue weighted by molar-refractivity contribution is 7.12. The molecule has 3 aromatic heterocycles. The van der Waals surface area contributed by atoms with Crippen LogP contribution in [0.3, 0.4) is 0 Å². The summed E-state index contributed by atoms with van der Waals surface area (Å²) in [5, 5.41) is 4.72. The van der Waals surface area contributed by atoms with Gasteiger partial charge in [-0.3, -0.25) is 4.79 Å². The van der Waals surface area contributed by atoms with Gasteiger partial charge in [-0.05, 0) is 47.8 Å². The molecule has 26 heavy (non-hydrogen) atoms. The topological polar surface area (TPSA) is 69.0 Å². The minimum absolute atomic E-state index is 0.124. The maximum absolute atomic E-state index is 12.0. The smallest absolute Gasteiger partial charge is 0.265 e. The number of aromatic nitrogens is 3. The zero-order chi connectivity index (χ0) is 17.8. The molecule has 0 saturated carbocycles. The molecule has 1 aromatic carbocycles. The molecule has 1 N–H and O–H groups in total. The maximum Gasteiger partial charge on any atom is 0.265 e. The summed E-state index contributed by atoms with van der Waals surface area (Å²) in [7, 11) is 0. The van der Waals surface area contributed by atoms with E-state index in [1.54, 1.807) is 36.4 Å². The highest BCUT2D eigenvalue weighted by Crippen LogP contribution is 2.23. The van der Waals surface area contributed by atoms with Gasteiger partial charge in [-0.2, -0.15) is 0 Å². The SMILES string of the molecule is O=C(Nc1ccc(Oc2cc(-n3cccc3)ncn2)cc1)c1cccs1. The number of anilines is 1. The zero-order valence-electron chi connectivity index (χ0n) is 13.6. The number of thiophene rings is 1. The largest absolute Gasteiger partial charge is 0.439 e. The van der Waals surface area contributed by atoms with Crippen LogP contribution in [0.25, 0.3) is 5.82 Å². The highest BCUT2D eigenvalue weighted by atomic mass is 32.1. The predicted molar refractivity (Wildman–Crippen MR) is 100 cm³/mol. The third-order valence-corrected chi connectivity index (χ3v) is 4.44.